The van der Waals surface area contributed by atoms with Gasteiger partial charge in [0.15, 0.2) is 5.75 Å². The fraction of sp³-hybridized carbons (Fsp3) is 0.250. The highest BCUT2D eigenvalue weighted by Crippen LogP contribution is 2.34. The van der Waals surface area contributed by atoms with Crippen LogP contribution in [0.1, 0.15) is 16.7 Å². The lowest BCUT2D eigenvalue weighted by atomic mass is 10.00. The minimum absolute atomic E-state index is 0.458. The Labute approximate surface area is 118 Å². The van der Waals surface area contributed by atoms with Gasteiger partial charge in [-0.2, -0.15) is 5.26 Å². The fourth-order valence-corrected chi connectivity index (χ4v) is 2.25. The van der Waals surface area contributed by atoms with Crippen LogP contribution in [0.2, 0.25) is 0 Å². The van der Waals surface area contributed by atoms with Gasteiger partial charge < -0.3 is 9.47 Å². The van der Waals surface area contributed by atoms with E-state index in [2.05, 4.69) is 17.1 Å². The van der Waals surface area contributed by atoms with Crippen molar-refractivity contribution in [1.29, 1.82) is 5.26 Å². The molecule has 0 saturated carbocycles. The second-order valence-corrected chi connectivity index (χ2v) is 4.54. The molecule has 0 atom stereocenters. The topological polar surface area (TPSA) is 55.1 Å². The molecule has 0 spiro atoms. The molecule has 0 unspecified atom stereocenters. The summed E-state index contributed by atoms with van der Waals surface area (Å²) >= 11 is 0. The van der Waals surface area contributed by atoms with E-state index in [1.807, 2.05) is 19.9 Å². The lowest BCUT2D eigenvalue weighted by Crippen LogP contribution is -1.96. The Morgan fingerprint density at radius 3 is 2.35 bits per heavy atom. The largest absolute Gasteiger partial charge is 0.496 e. The zero-order chi connectivity index (χ0) is 14.7. The maximum absolute atomic E-state index is 9.17. The molecule has 1 heterocycles. The Morgan fingerprint density at radius 1 is 1.05 bits per heavy atom. The van der Waals surface area contributed by atoms with E-state index < -0.39 is 0 Å². The second kappa shape index (κ2) is 5.62. The van der Waals surface area contributed by atoms with Crippen LogP contribution in [0.3, 0.4) is 0 Å². The van der Waals surface area contributed by atoms with Crippen molar-refractivity contribution < 1.29 is 9.47 Å². The third kappa shape index (κ3) is 2.43. The summed E-state index contributed by atoms with van der Waals surface area (Å²) in [5.74, 6) is 1.23. The van der Waals surface area contributed by atoms with E-state index in [0.717, 1.165) is 22.4 Å². The first-order valence-corrected chi connectivity index (χ1v) is 6.20. The second-order valence-electron chi connectivity index (χ2n) is 4.54. The monoisotopic (exact) mass is 268 g/mol. The molecule has 2 aromatic rings. The Hall–Kier alpha value is -2.54. The minimum Gasteiger partial charge on any atom is -0.496 e. The predicted molar refractivity (Wildman–Crippen MR) is 77.0 cm³/mol. The molecule has 0 saturated heterocycles. The molecule has 0 aliphatic heterocycles. The summed E-state index contributed by atoms with van der Waals surface area (Å²) in [5, 5.41) is 9.17. The quantitative estimate of drug-likeness (QED) is 0.857. The molecule has 0 fully saturated rings. The summed E-state index contributed by atoms with van der Waals surface area (Å²) in [7, 11) is 3.15. The summed E-state index contributed by atoms with van der Waals surface area (Å²) in [6.45, 7) is 4.02. The average molecular weight is 268 g/mol. The third-order valence-electron chi connectivity index (χ3n) is 3.13. The number of hydrogen-bond donors (Lipinski definition) is 0. The molecule has 4 heteroatoms. The Bertz CT molecular complexity index is 688. The van der Waals surface area contributed by atoms with Crippen LogP contribution in [-0.4, -0.2) is 19.2 Å². The van der Waals surface area contributed by atoms with Crippen LogP contribution in [0.15, 0.2) is 24.4 Å². The van der Waals surface area contributed by atoms with Gasteiger partial charge in [0.1, 0.15) is 11.8 Å². The Morgan fingerprint density at radius 2 is 1.75 bits per heavy atom. The van der Waals surface area contributed by atoms with E-state index in [1.54, 1.807) is 19.4 Å². The van der Waals surface area contributed by atoms with Crippen molar-refractivity contribution >= 4 is 0 Å². The maximum Gasteiger partial charge on any atom is 0.154 e. The standard InChI is InChI=1S/C16H16N2O2/c1-10-5-11(2)16(14(6-10)19-3)13-7-12(8-17)15(20-4)9-18-13/h5-7,9H,1-4H3. The van der Waals surface area contributed by atoms with E-state index in [0.29, 0.717) is 17.0 Å². The highest BCUT2D eigenvalue weighted by Gasteiger charge is 2.14. The number of pyridine rings is 1. The molecule has 0 amide bonds. The first-order valence-electron chi connectivity index (χ1n) is 6.20. The Kier molecular flexibility index (Phi) is 3.90. The minimum atomic E-state index is 0.458. The van der Waals surface area contributed by atoms with Crippen molar-refractivity contribution in [3.8, 4) is 28.8 Å². The van der Waals surface area contributed by atoms with Gasteiger partial charge in [-0.3, -0.25) is 4.98 Å². The maximum atomic E-state index is 9.17. The van der Waals surface area contributed by atoms with Gasteiger partial charge in [-0.05, 0) is 37.1 Å². The van der Waals surface area contributed by atoms with Crippen molar-refractivity contribution in [1.82, 2.24) is 4.98 Å². The molecule has 0 bridgehead atoms. The fourth-order valence-electron chi connectivity index (χ4n) is 2.25. The van der Waals surface area contributed by atoms with Gasteiger partial charge in [0, 0.05) is 5.56 Å². The zero-order valence-corrected chi connectivity index (χ0v) is 12.0. The van der Waals surface area contributed by atoms with Crippen molar-refractivity contribution in [2.75, 3.05) is 14.2 Å². The van der Waals surface area contributed by atoms with Crippen LogP contribution in [0.25, 0.3) is 11.3 Å². The van der Waals surface area contributed by atoms with E-state index >= 15 is 0 Å². The van der Waals surface area contributed by atoms with Gasteiger partial charge in [-0.25, -0.2) is 0 Å². The van der Waals surface area contributed by atoms with Crippen LogP contribution in [0, 0.1) is 25.2 Å². The molecule has 20 heavy (non-hydrogen) atoms. The molecular weight excluding hydrogens is 252 g/mol. The first-order chi connectivity index (χ1) is 9.60. The van der Waals surface area contributed by atoms with E-state index in [9.17, 15) is 5.26 Å². The number of ether oxygens (including phenoxy) is 2. The van der Waals surface area contributed by atoms with Crippen molar-refractivity contribution in [2.45, 2.75) is 13.8 Å². The SMILES string of the molecule is COc1cnc(-c2c(C)cc(C)cc2OC)cc1C#N. The molecule has 102 valence electrons. The number of methoxy groups -OCH3 is 2. The number of hydrogen-bond acceptors (Lipinski definition) is 4. The van der Waals surface area contributed by atoms with Gasteiger partial charge in [0.25, 0.3) is 0 Å². The van der Waals surface area contributed by atoms with Gasteiger partial charge in [0.05, 0.1) is 31.7 Å². The summed E-state index contributed by atoms with van der Waals surface area (Å²) in [6, 6.07) is 7.86. The van der Waals surface area contributed by atoms with E-state index in [-0.39, 0.29) is 0 Å². The lowest BCUT2D eigenvalue weighted by molar-refractivity contribution is 0.411. The number of nitriles is 1. The van der Waals surface area contributed by atoms with Crippen LogP contribution in [0.5, 0.6) is 11.5 Å². The van der Waals surface area contributed by atoms with Gasteiger partial charge >= 0.3 is 0 Å². The normalized spacial score (nSPS) is 9.95. The molecule has 1 aromatic carbocycles. The van der Waals surface area contributed by atoms with Crippen LogP contribution < -0.4 is 9.47 Å². The van der Waals surface area contributed by atoms with Crippen molar-refractivity contribution in [3.63, 3.8) is 0 Å². The molecule has 0 N–H and O–H groups in total. The van der Waals surface area contributed by atoms with Gasteiger partial charge in [-0.1, -0.05) is 6.07 Å². The average Bonchev–Trinajstić information content (AvgIpc) is 2.45. The van der Waals surface area contributed by atoms with E-state index in [1.165, 1.54) is 7.11 Å². The molecule has 1 aromatic heterocycles. The highest BCUT2D eigenvalue weighted by atomic mass is 16.5. The third-order valence-corrected chi connectivity index (χ3v) is 3.13. The molecule has 2 rings (SSSR count). The van der Waals surface area contributed by atoms with Crippen LogP contribution >= 0.6 is 0 Å². The number of aryl methyl sites for hydroxylation is 2. The summed E-state index contributed by atoms with van der Waals surface area (Å²) in [5.41, 5.74) is 4.24. The molecular formula is C16H16N2O2. The number of rotatable bonds is 3. The lowest BCUT2D eigenvalue weighted by Gasteiger charge is -2.13. The molecule has 4 nitrogen and oxygen atoms in total. The smallest absolute Gasteiger partial charge is 0.154 e. The van der Waals surface area contributed by atoms with E-state index in [4.69, 9.17) is 9.47 Å². The summed E-state index contributed by atoms with van der Waals surface area (Å²) in [6.07, 6.45) is 1.56. The van der Waals surface area contributed by atoms with Crippen LogP contribution in [0.4, 0.5) is 0 Å². The number of benzene rings is 1. The van der Waals surface area contributed by atoms with Gasteiger partial charge in [0.2, 0.25) is 0 Å². The zero-order valence-electron chi connectivity index (χ0n) is 12.0. The number of nitrogens with zero attached hydrogens (tertiary/aromatic N) is 2. The summed E-state index contributed by atoms with van der Waals surface area (Å²) in [4.78, 5) is 4.37. The van der Waals surface area contributed by atoms with Crippen molar-refractivity contribution in [2.24, 2.45) is 0 Å². The highest BCUT2D eigenvalue weighted by molar-refractivity contribution is 5.73. The molecule has 0 aliphatic carbocycles. The number of aromatic nitrogens is 1. The summed E-state index contributed by atoms with van der Waals surface area (Å²) < 4.78 is 10.6. The first kappa shape index (κ1) is 13.9. The molecule has 0 aliphatic rings. The Balaban J connectivity index is 2.66. The molecule has 0 radical (unpaired) electrons. The van der Waals surface area contributed by atoms with Gasteiger partial charge in [-0.15, -0.1) is 0 Å². The van der Waals surface area contributed by atoms with Crippen molar-refractivity contribution in [3.05, 3.63) is 41.1 Å². The van der Waals surface area contributed by atoms with Crippen LogP contribution in [-0.2, 0) is 0 Å². The predicted octanol–water partition coefficient (Wildman–Crippen LogP) is 3.25.